The van der Waals surface area contributed by atoms with Crippen molar-refractivity contribution in [2.45, 2.75) is 44.1 Å². The first kappa shape index (κ1) is 21.3. The summed E-state index contributed by atoms with van der Waals surface area (Å²) in [6.45, 7) is 3.05. The highest BCUT2D eigenvalue weighted by Gasteiger charge is 2.27. The van der Waals surface area contributed by atoms with Crippen LogP contribution in [0.1, 0.15) is 47.2 Å². The van der Waals surface area contributed by atoms with E-state index < -0.39 is 16.0 Å². The summed E-state index contributed by atoms with van der Waals surface area (Å²) in [6, 6.07) is 12.0. The molecule has 1 fully saturated rings. The van der Waals surface area contributed by atoms with E-state index in [1.54, 1.807) is 0 Å². The number of sulfonamides is 1. The van der Waals surface area contributed by atoms with E-state index in [0.717, 1.165) is 36.8 Å². The number of methoxy groups -OCH3 is 1. The van der Waals surface area contributed by atoms with Crippen molar-refractivity contribution in [1.29, 1.82) is 0 Å². The van der Waals surface area contributed by atoms with Gasteiger partial charge in [-0.15, -0.1) is 0 Å². The zero-order valence-corrected chi connectivity index (χ0v) is 17.7. The fraction of sp³-hybridized carbons (Fsp3) is 0.409. The van der Waals surface area contributed by atoms with Gasteiger partial charge in [-0.3, -0.25) is 0 Å². The van der Waals surface area contributed by atoms with Crippen LogP contribution >= 0.6 is 0 Å². The van der Waals surface area contributed by atoms with Crippen molar-refractivity contribution < 1.29 is 22.7 Å². The number of hydrogen-bond donors (Lipinski definition) is 0. The summed E-state index contributed by atoms with van der Waals surface area (Å²) in [6.07, 6.45) is 3.76. The number of hydrogen-bond acceptors (Lipinski definition) is 5. The maximum absolute atomic E-state index is 13.1. The Morgan fingerprint density at radius 1 is 1.03 bits per heavy atom. The van der Waals surface area contributed by atoms with E-state index in [-0.39, 0.29) is 22.8 Å². The van der Waals surface area contributed by atoms with Gasteiger partial charge in [0.2, 0.25) is 10.0 Å². The average Bonchev–Trinajstić information content (AvgIpc) is 3.02. The molecule has 2 aromatic carbocycles. The smallest absolute Gasteiger partial charge is 0.342 e. The van der Waals surface area contributed by atoms with E-state index in [0.29, 0.717) is 13.1 Å². The number of ether oxygens (including phenoxy) is 2. The van der Waals surface area contributed by atoms with Crippen LogP contribution in [0, 0.1) is 6.92 Å². The summed E-state index contributed by atoms with van der Waals surface area (Å²) < 4.78 is 38.4. The number of carbonyl (C=O) groups is 1. The second kappa shape index (κ2) is 9.41. The van der Waals surface area contributed by atoms with Gasteiger partial charge in [0.1, 0.15) is 17.9 Å². The molecule has 7 heteroatoms. The van der Waals surface area contributed by atoms with Gasteiger partial charge >= 0.3 is 5.97 Å². The largest absolute Gasteiger partial charge is 0.496 e. The molecule has 0 amide bonds. The molecular formula is C22H27NO5S. The first-order chi connectivity index (χ1) is 13.9. The maximum atomic E-state index is 13.1. The van der Waals surface area contributed by atoms with E-state index in [4.69, 9.17) is 9.47 Å². The van der Waals surface area contributed by atoms with E-state index in [9.17, 15) is 13.2 Å². The summed E-state index contributed by atoms with van der Waals surface area (Å²) >= 11 is 0. The molecule has 1 heterocycles. The molecule has 1 aliphatic rings. The highest BCUT2D eigenvalue weighted by Crippen LogP contribution is 2.27. The molecule has 6 nitrogen and oxygen atoms in total. The Kier molecular flexibility index (Phi) is 6.92. The van der Waals surface area contributed by atoms with Gasteiger partial charge < -0.3 is 9.47 Å². The number of nitrogens with zero attached hydrogens (tertiary/aromatic N) is 1. The zero-order chi connectivity index (χ0) is 20.9. The average molecular weight is 418 g/mol. The topological polar surface area (TPSA) is 72.9 Å². The van der Waals surface area contributed by atoms with E-state index in [1.807, 2.05) is 31.2 Å². The normalized spacial score (nSPS) is 15.5. The molecule has 156 valence electrons. The number of benzene rings is 2. The summed E-state index contributed by atoms with van der Waals surface area (Å²) in [5.41, 5.74) is 2.02. The lowest BCUT2D eigenvalue weighted by Gasteiger charge is -2.20. The number of esters is 1. The fourth-order valence-corrected chi connectivity index (χ4v) is 4.98. The molecule has 0 spiro atoms. The lowest BCUT2D eigenvalue weighted by molar-refractivity contribution is 0.0468. The van der Waals surface area contributed by atoms with Gasteiger partial charge in [-0.1, -0.05) is 37.1 Å². The lowest BCUT2D eigenvalue weighted by atomic mass is 10.1. The van der Waals surface area contributed by atoms with Crippen LogP contribution in [0.15, 0.2) is 47.4 Å². The summed E-state index contributed by atoms with van der Waals surface area (Å²) in [7, 11) is -2.23. The first-order valence-corrected chi connectivity index (χ1v) is 11.3. The van der Waals surface area contributed by atoms with Crippen molar-refractivity contribution in [1.82, 2.24) is 4.31 Å². The van der Waals surface area contributed by atoms with E-state index in [1.165, 1.54) is 29.6 Å². The van der Waals surface area contributed by atoms with Crippen LogP contribution in [0.25, 0.3) is 0 Å². The third-order valence-electron chi connectivity index (χ3n) is 5.21. The molecule has 3 rings (SSSR count). The Labute approximate surface area is 172 Å². The highest BCUT2D eigenvalue weighted by molar-refractivity contribution is 7.89. The Bertz CT molecular complexity index is 963. The van der Waals surface area contributed by atoms with Gasteiger partial charge in [0.15, 0.2) is 0 Å². The van der Waals surface area contributed by atoms with Gasteiger partial charge in [-0.2, -0.15) is 4.31 Å². The second-order valence-electron chi connectivity index (χ2n) is 7.18. The van der Waals surface area contributed by atoms with Gasteiger partial charge in [-0.05, 0) is 49.1 Å². The molecule has 0 saturated carbocycles. The van der Waals surface area contributed by atoms with Crippen molar-refractivity contribution in [3.05, 3.63) is 59.2 Å². The van der Waals surface area contributed by atoms with Crippen LogP contribution in [0.4, 0.5) is 0 Å². The van der Waals surface area contributed by atoms with Crippen LogP contribution in [-0.2, 0) is 21.4 Å². The number of carbonyl (C=O) groups excluding carboxylic acids is 1. The van der Waals surface area contributed by atoms with Crippen molar-refractivity contribution in [3.63, 3.8) is 0 Å². The van der Waals surface area contributed by atoms with Crippen LogP contribution in [0.2, 0.25) is 0 Å². The van der Waals surface area contributed by atoms with E-state index >= 15 is 0 Å². The van der Waals surface area contributed by atoms with Crippen LogP contribution in [-0.4, -0.2) is 38.9 Å². The van der Waals surface area contributed by atoms with Crippen molar-refractivity contribution in [2.75, 3.05) is 20.2 Å². The summed E-state index contributed by atoms with van der Waals surface area (Å²) in [4.78, 5) is 12.8. The molecule has 1 saturated heterocycles. The van der Waals surface area contributed by atoms with Gasteiger partial charge in [-0.25, -0.2) is 13.2 Å². The van der Waals surface area contributed by atoms with Gasteiger partial charge in [0, 0.05) is 13.1 Å². The third-order valence-corrected chi connectivity index (χ3v) is 7.11. The predicted octanol–water partition coefficient (Wildman–Crippen LogP) is 3.93. The fourth-order valence-electron chi connectivity index (χ4n) is 3.43. The van der Waals surface area contributed by atoms with Gasteiger partial charge in [0.05, 0.1) is 12.0 Å². The monoisotopic (exact) mass is 417 g/mol. The first-order valence-electron chi connectivity index (χ1n) is 9.83. The van der Waals surface area contributed by atoms with Crippen molar-refractivity contribution in [2.24, 2.45) is 0 Å². The molecule has 0 aliphatic carbocycles. The molecule has 0 radical (unpaired) electrons. The van der Waals surface area contributed by atoms with Crippen molar-refractivity contribution >= 4 is 16.0 Å². The second-order valence-corrected chi connectivity index (χ2v) is 9.12. The molecular weight excluding hydrogens is 390 g/mol. The quantitative estimate of drug-likeness (QED) is 0.666. The predicted molar refractivity (Wildman–Crippen MR) is 111 cm³/mol. The maximum Gasteiger partial charge on any atom is 0.342 e. The SMILES string of the molecule is COc1ccc(S(=O)(=O)N2CCCCCC2)cc1C(=O)OCc1ccccc1C. The molecule has 2 aromatic rings. The minimum atomic E-state index is -3.67. The third kappa shape index (κ3) is 4.97. The Balaban J connectivity index is 1.84. The number of aryl methyl sites for hydroxylation is 1. The summed E-state index contributed by atoms with van der Waals surface area (Å²) in [5.74, 6) is -0.326. The van der Waals surface area contributed by atoms with Crippen LogP contribution < -0.4 is 4.74 Å². The summed E-state index contributed by atoms with van der Waals surface area (Å²) in [5, 5.41) is 0. The molecule has 0 aromatic heterocycles. The molecule has 0 N–H and O–H groups in total. The minimum absolute atomic E-state index is 0.0861. The zero-order valence-electron chi connectivity index (χ0n) is 16.9. The number of rotatable bonds is 6. The van der Waals surface area contributed by atoms with Crippen molar-refractivity contribution in [3.8, 4) is 5.75 Å². The Morgan fingerprint density at radius 2 is 1.72 bits per heavy atom. The molecule has 0 bridgehead atoms. The van der Waals surface area contributed by atoms with E-state index in [2.05, 4.69) is 0 Å². The molecule has 0 unspecified atom stereocenters. The van der Waals surface area contributed by atoms with Crippen LogP contribution in [0.5, 0.6) is 5.75 Å². The minimum Gasteiger partial charge on any atom is -0.496 e. The standard InChI is InChI=1S/C22H27NO5S/c1-17-9-5-6-10-18(17)16-28-22(24)20-15-19(11-12-21(20)27-2)29(25,26)23-13-7-3-4-8-14-23/h5-6,9-12,15H,3-4,7-8,13-14,16H2,1-2H3. The molecule has 0 atom stereocenters. The van der Waals surface area contributed by atoms with Crippen LogP contribution in [0.3, 0.4) is 0 Å². The molecule has 29 heavy (non-hydrogen) atoms. The molecule has 1 aliphatic heterocycles. The van der Waals surface area contributed by atoms with Gasteiger partial charge in [0.25, 0.3) is 0 Å². The highest BCUT2D eigenvalue weighted by atomic mass is 32.2. The Morgan fingerprint density at radius 3 is 2.38 bits per heavy atom. The Hall–Kier alpha value is -2.38. The lowest BCUT2D eigenvalue weighted by Crippen LogP contribution is -2.32.